The van der Waals surface area contributed by atoms with Gasteiger partial charge in [-0.05, 0) is 58.2 Å². The number of thiocarbonyl (C=S) groups is 1. The van der Waals surface area contributed by atoms with Gasteiger partial charge in [0, 0.05) is 11.3 Å². The highest BCUT2D eigenvalue weighted by Gasteiger charge is 2.14. The Kier molecular flexibility index (Phi) is 5.05. The van der Waals surface area contributed by atoms with Gasteiger partial charge >= 0.3 is 0 Å². The lowest BCUT2D eigenvalue weighted by Gasteiger charge is -2.19. The maximum absolute atomic E-state index is 12.4. The van der Waals surface area contributed by atoms with Crippen LogP contribution >= 0.6 is 12.2 Å². The zero-order valence-electron chi connectivity index (χ0n) is 15.2. The first-order valence-corrected chi connectivity index (χ1v) is 8.95. The molecule has 0 saturated heterocycles. The highest BCUT2D eigenvalue weighted by molar-refractivity contribution is 7.80. The fraction of sp³-hybridized carbons (Fsp3) is 0.182. The van der Waals surface area contributed by atoms with Crippen LogP contribution in [0.25, 0.3) is 10.8 Å². The van der Waals surface area contributed by atoms with Crippen molar-refractivity contribution in [3.63, 3.8) is 0 Å². The van der Waals surface area contributed by atoms with Gasteiger partial charge in [0.15, 0.2) is 5.11 Å². The Morgan fingerprint density at radius 1 is 0.885 bits per heavy atom. The Bertz CT molecular complexity index is 956. The SMILES string of the molecule is CC(C)(C)c1ccc(C(=O)NC(=S)Nc2ccc3ccccc3c2)cc1. The molecule has 3 aromatic rings. The van der Waals surface area contributed by atoms with E-state index in [1.807, 2.05) is 60.7 Å². The quantitative estimate of drug-likeness (QED) is 0.611. The van der Waals surface area contributed by atoms with Crippen LogP contribution in [0.4, 0.5) is 5.69 Å². The highest BCUT2D eigenvalue weighted by atomic mass is 32.1. The van der Waals surface area contributed by atoms with Crippen molar-refractivity contribution in [2.24, 2.45) is 0 Å². The van der Waals surface area contributed by atoms with E-state index in [-0.39, 0.29) is 16.4 Å². The summed E-state index contributed by atoms with van der Waals surface area (Å²) in [6.45, 7) is 6.43. The zero-order chi connectivity index (χ0) is 18.7. The number of benzene rings is 3. The lowest BCUT2D eigenvalue weighted by Crippen LogP contribution is -2.34. The van der Waals surface area contributed by atoms with Crippen molar-refractivity contribution >= 4 is 39.7 Å². The van der Waals surface area contributed by atoms with Crippen LogP contribution in [-0.2, 0) is 5.41 Å². The molecule has 0 radical (unpaired) electrons. The molecule has 0 saturated carbocycles. The van der Waals surface area contributed by atoms with Crippen LogP contribution in [0.2, 0.25) is 0 Å². The average Bonchev–Trinajstić information content (AvgIpc) is 2.61. The lowest BCUT2D eigenvalue weighted by molar-refractivity contribution is 0.0977. The van der Waals surface area contributed by atoms with Crippen molar-refractivity contribution in [3.8, 4) is 0 Å². The number of hydrogen-bond acceptors (Lipinski definition) is 2. The van der Waals surface area contributed by atoms with Crippen molar-refractivity contribution in [3.05, 3.63) is 77.9 Å². The Morgan fingerprint density at radius 3 is 2.19 bits per heavy atom. The van der Waals surface area contributed by atoms with E-state index in [2.05, 4.69) is 37.5 Å². The second-order valence-electron chi connectivity index (χ2n) is 7.30. The Labute approximate surface area is 159 Å². The molecule has 0 spiro atoms. The summed E-state index contributed by atoms with van der Waals surface area (Å²) in [6, 6.07) is 21.7. The molecule has 0 fully saturated rings. The number of carbonyl (C=O) groups excluding carboxylic acids is 1. The van der Waals surface area contributed by atoms with Crippen molar-refractivity contribution in [1.82, 2.24) is 5.32 Å². The summed E-state index contributed by atoms with van der Waals surface area (Å²) >= 11 is 5.28. The number of rotatable bonds is 2. The van der Waals surface area contributed by atoms with Crippen LogP contribution in [0.3, 0.4) is 0 Å². The predicted molar refractivity (Wildman–Crippen MR) is 113 cm³/mol. The number of amides is 1. The van der Waals surface area contributed by atoms with E-state index in [1.54, 1.807) is 0 Å². The van der Waals surface area contributed by atoms with Crippen LogP contribution < -0.4 is 10.6 Å². The van der Waals surface area contributed by atoms with Crippen LogP contribution in [0, 0.1) is 0 Å². The van der Waals surface area contributed by atoms with Gasteiger partial charge in [0.2, 0.25) is 0 Å². The predicted octanol–water partition coefficient (Wildman–Crippen LogP) is 5.26. The second kappa shape index (κ2) is 7.26. The van der Waals surface area contributed by atoms with Gasteiger partial charge in [-0.2, -0.15) is 0 Å². The minimum atomic E-state index is -0.219. The van der Waals surface area contributed by atoms with Crippen molar-refractivity contribution < 1.29 is 4.79 Å². The van der Waals surface area contributed by atoms with Gasteiger partial charge in [0.05, 0.1) is 0 Å². The molecule has 1 amide bonds. The molecule has 0 atom stereocenters. The van der Waals surface area contributed by atoms with E-state index in [4.69, 9.17) is 12.2 Å². The molecule has 26 heavy (non-hydrogen) atoms. The molecule has 3 aromatic carbocycles. The third kappa shape index (κ3) is 4.27. The van der Waals surface area contributed by atoms with E-state index in [0.717, 1.165) is 16.5 Å². The third-order valence-corrected chi connectivity index (χ3v) is 4.45. The molecular weight excluding hydrogens is 340 g/mol. The summed E-state index contributed by atoms with van der Waals surface area (Å²) in [5.74, 6) is -0.219. The van der Waals surface area contributed by atoms with Gasteiger partial charge < -0.3 is 5.32 Å². The number of hydrogen-bond donors (Lipinski definition) is 2. The molecule has 0 aliphatic heterocycles. The zero-order valence-corrected chi connectivity index (χ0v) is 16.0. The number of fused-ring (bicyclic) bond motifs is 1. The Morgan fingerprint density at radius 2 is 1.54 bits per heavy atom. The number of anilines is 1. The summed E-state index contributed by atoms with van der Waals surface area (Å²) in [7, 11) is 0. The minimum Gasteiger partial charge on any atom is -0.332 e. The topological polar surface area (TPSA) is 41.1 Å². The van der Waals surface area contributed by atoms with Crippen LogP contribution in [0.5, 0.6) is 0 Å². The summed E-state index contributed by atoms with van der Waals surface area (Å²) < 4.78 is 0. The molecule has 0 unspecified atom stereocenters. The van der Waals surface area contributed by atoms with Crippen molar-refractivity contribution in [2.75, 3.05) is 5.32 Å². The molecule has 3 nitrogen and oxygen atoms in total. The average molecular weight is 362 g/mol. The van der Waals surface area contributed by atoms with E-state index < -0.39 is 0 Å². The molecule has 0 heterocycles. The first-order valence-electron chi connectivity index (χ1n) is 8.54. The van der Waals surface area contributed by atoms with Gasteiger partial charge in [0.25, 0.3) is 5.91 Å². The molecule has 0 bridgehead atoms. The molecule has 0 aliphatic carbocycles. The monoisotopic (exact) mass is 362 g/mol. The molecule has 0 aliphatic rings. The summed E-state index contributed by atoms with van der Waals surface area (Å²) in [6.07, 6.45) is 0. The van der Waals surface area contributed by atoms with Crippen molar-refractivity contribution in [1.29, 1.82) is 0 Å². The number of carbonyl (C=O) groups is 1. The van der Waals surface area contributed by atoms with E-state index in [0.29, 0.717) is 5.56 Å². The minimum absolute atomic E-state index is 0.0575. The Hall–Kier alpha value is -2.72. The van der Waals surface area contributed by atoms with Gasteiger partial charge in [-0.25, -0.2) is 0 Å². The first kappa shape index (κ1) is 18.1. The van der Waals surface area contributed by atoms with Gasteiger partial charge in [-0.3, -0.25) is 10.1 Å². The normalized spacial score (nSPS) is 11.2. The van der Waals surface area contributed by atoms with Crippen LogP contribution in [0.15, 0.2) is 66.7 Å². The molecule has 4 heteroatoms. The van der Waals surface area contributed by atoms with Gasteiger partial charge in [0.1, 0.15) is 0 Å². The smallest absolute Gasteiger partial charge is 0.257 e. The molecule has 0 aromatic heterocycles. The largest absolute Gasteiger partial charge is 0.332 e. The van der Waals surface area contributed by atoms with E-state index in [1.165, 1.54) is 5.56 Å². The van der Waals surface area contributed by atoms with Crippen LogP contribution in [-0.4, -0.2) is 11.0 Å². The van der Waals surface area contributed by atoms with E-state index >= 15 is 0 Å². The van der Waals surface area contributed by atoms with E-state index in [9.17, 15) is 4.79 Å². The highest BCUT2D eigenvalue weighted by Crippen LogP contribution is 2.22. The Balaban J connectivity index is 1.66. The summed E-state index contributed by atoms with van der Waals surface area (Å²) in [4.78, 5) is 12.4. The van der Waals surface area contributed by atoms with Crippen molar-refractivity contribution in [2.45, 2.75) is 26.2 Å². The summed E-state index contributed by atoms with van der Waals surface area (Å²) in [5.41, 5.74) is 2.67. The molecule has 3 rings (SSSR count). The van der Waals surface area contributed by atoms with Gasteiger partial charge in [-0.1, -0.05) is 63.2 Å². The maximum Gasteiger partial charge on any atom is 0.257 e. The van der Waals surface area contributed by atoms with Crippen LogP contribution in [0.1, 0.15) is 36.7 Å². The first-order chi connectivity index (χ1) is 12.3. The van der Waals surface area contributed by atoms with Gasteiger partial charge in [-0.15, -0.1) is 0 Å². The molecule has 2 N–H and O–H groups in total. The number of nitrogens with one attached hydrogen (secondary N) is 2. The fourth-order valence-electron chi connectivity index (χ4n) is 2.73. The standard InChI is InChI=1S/C22H22N2OS/c1-22(2,3)18-11-8-16(9-12-18)20(25)24-21(26)23-19-13-10-15-6-4-5-7-17(15)14-19/h4-14H,1-3H3,(H2,23,24,25,26). The lowest BCUT2D eigenvalue weighted by atomic mass is 9.87. The summed E-state index contributed by atoms with van der Waals surface area (Å²) in [5, 5.41) is 8.36. The third-order valence-electron chi connectivity index (χ3n) is 4.25. The maximum atomic E-state index is 12.4. The molecular formula is C22H22N2OS. The second-order valence-corrected chi connectivity index (χ2v) is 7.71. The fourth-order valence-corrected chi connectivity index (χ4v) is 2.94. The molecule has 132 valence electrons.